The van der Waals surface area contributed by atoms with E-state index in [1.54, 1.807) is 26.2 Å². The molecule has 0 aliphatic carbocycles. The van der Waals surface area contributed by atoms with Gasteiger partial charge in [-0.1, -0.05) is 17.7 Å². The van der Waals surface area contributed by atoms with E-state index < -0.39 is 5.91 Å². The minimum atomic E-state index is -0.465. The SMILES string of the molecule is CCONC(=O)c1cnc(Nc2cc(C)nc(C)n2)cc1Nc1cccc(-c2ncc(Cl)cn2)c1OC. The first-order chi connectivity index (χ1) is 17.9. The van der Waals surface area contributed by atoms with Crippen molar-refractivity contribution in [2.24, 2.45) is 0 Å². The molecule has 0 atom stereocenters. The molecule has 1 aromatic carbocycles. The summed E-state index contributed by atoms with van der Waals surface area (Å²) < 4.78 is 5.70. The van der Waals surface area contributed by atoms with Crippen molar-refractivity contribution in [2.75, 3.05) is 24.4 Å². The fourth-order valence-electron chi connectivity index (χ4n) is 3.54. The molecule has 12 heteroatoms. The van der Waals surface area contributed by atoms with Crippen LogP contribution in [0, 0.1) is 13.8 Å². The number of nitrogens with one attached hydrogen (secondary N) is 3. The first-order valence-electron chi connectivity index (χ1n) is 11.3. The lowest BCUT2D eigenvalue weighted by atomic mass is 10.1. The number of methoxy groups -OCH3 is 1. The number of anilines is 4. The number of nitrogens with zero attached hydrogens (tertiary/aromatic N) is 5. The van der Waals surface area contributed by atoms with Crippen LogP contribution >= 0.6 is 11.6 Å². The second kappa shape index (κ2) is 11.6. The minimum absolute atomic E-state index is 0.254. The zero-order valence-corrected chi connectivity index (χ0v) is 21.4. The summed E-state index contributed by atoms with van der Waals surface area (Å²) in [5.41, 5.74) is 5.14. The number of halogens is 1. The Hall–Kier alpha value is -4.35. The number of rotatable bonds is 9. The third kappa shape index (κ3) is 6.26. The predicted molar refractivity (Wildman–Crippen MR) is 140 cm³/mol. The molecule has 0 fully saturated rings. The highest BCUT2D eigenvalue weighted by Gasteiger charge is 2.18. The molecule has 0 aliphatic rings. The van der Waals surface area contributed by atoms with Gasteiger partial charge in [-0.15, -0.1) is 0 Å². The van der Waals surface area contributed by atoms with Crippen LogP contribution in [0.3, 0.4) is 0 Å². The molecule has 4 aromatic rings. The molecule has 0 aliphatic heterocycles. The molecule has 3 N–H and O–H groups in total. The van der Waals surface area contributed by atoms with Crippen LogP contribution in [-0.4, -0.2) is 44.5 Å². The van der Waals surface area contributed by atoms with E-state index in [1.165, 1.54) is 18.6 Å². The molecule has 0 radical (unpaired) electrons. The number of aryl methyl sites for hydroxylation is 2. The molecule has 190 valence electrons. The van der Waals surface area contributed by atoms with E-state index in [9.17, 15) is 4.79 Å². The molecule has 1 amide bonds. The Morgan fingerprint density at radius 2 is 1.76 bits per heavy atom. The maximum Gasteiger partial charge on any atom is 0.278 e. The Labute approximate surface area is 218 Å². The smallest absolute Gasteiger partial charge is 0.278 e. The lowest BCUT2D eigenvalue weighted by Gasteiger charge is -2.17. The molecular formula is C25H25ClN8O3. The molecule has 0 bridgehead atoms. The van der Waals surface area contributed by atoms with Gasteiger partial charge in [0.15, 0.2) is 11.6 Å². The van der Waals surface area contributed by atoms with E-state index in [-0.39, 0.29) is 5.56 Å². The number of para-hydroxylation sites is 1. The predicted octanol–water partition coefficient (Wildman–Crippen LogP) is 4.78. The molecule has 0 unspecified atom stereocenters. The minimum Gasteiger partial charge on any atom is -0.494 e. The molecule has 0 saturated heterocycles. The summed E-state index contributed by atoms with van der Waals surface area (Å²) in [6.07, 6.45) is 4.46. The Morgan fingerprint density at radius 3 is 2.46 bits per heavy atom. The number of hydroxylamine groups is 1. The van der Waals surface area contributed by atoms with Gasteiger partial charge in [-0.25, -0.2) is 30.4 Å². The third-order valence-corrected chi connectivity index (χ3v) is 5.22. The van der Waals surface area contributed by atoms with Crippen molar-refractivity contribution in [1.29, 1.82) is 0 Å². The van der Waals surface area contributed by atoms with E-state index in [4.69, 9.17) is 21.2 Å². The third-order valence-electron chi connectivity index (χ3n) is 5.03. The van der Waals surface area contributed by atoms with E-state index in [2.05, 4.69) is 41.0 Å². The molecule has 0 spiro atoms. The Balaban J connectivity index is 1.74. The van der Waals surface area contributed by atoms with Crippen molar-refractivity contribution in [1.82, 2.24) is 30.4 Å². The number of amides is 1. The number of pyridine rings is 1. The van der Waals surface area contributed by atoms with Crippen molar-refractivity contribution < 1.29 is 14.4 Å². The number of hydrogen-bond donors (Lipinski definition) is 3. The summed E-state index contributed by atoms with van der Waals surface area (Å²) in [5.74, 6) is 2.12. The van der Waals surface area contributed by atoms with Gasteiger partial charge in [0.25, 0.3) is 5.91 Å². The van der Waals surface area contributed by atoms with Gasteiger partial charge in [-0.3, -0.25) is 9.63 Å². The number of hydrogen-bond acceptors (Lipinski definition) is 10. The number of ether oxygens (including phenoxy) is 1. The van der Waals surface area contributed by atoms with Crippen LogP contribution in [0.15, 0.2) is 48.9 Å². The molecule has 3 heterocycles. The van der Waals surface area contributed by atoms with Gasteiger partial charge in [-0.05, 0) is 32.9 Å². The zero-order chi connectivity index (χ0) is 26.4. The maximum absolute atomic E-state index is 12.8. The van der Waals surface area contributed by atoms with E-state index in [1.807, 2.05) is 32.0 Å². The van der Waals surface area contributed by atoms with Crippen LogP contribution in [0.25, 0.3) is 11.4 Å². The van der Waals surface area contributed by atoms with E-state index in [0.717, 1.165) is 5.69 Å². The number of benzene rings is 1. The fraction of sp³-hybridized carbons (Fsp3) is 0.200. The molecular weight excluding hydrogens is 496 g/mol. The maximum atomic E-state index is 12.8. The van der Waals surface area contributed by atoms with Gasteiger partial charge in [-0.2, -0.15) is 0 Å². The molecule has 3 aromatic heterocycles. The highest BCUT2D eigenvalue weighted by Crippen LogP contribution is 2.37. The van der Waals surface area contributed by atoms with Crippen LogP contribution < -0.4 is 20.9 Å². The molecule has 0 saturated carbocycles. The lowest BCUT2D eigenvalue weighted by molar-refractivity contribution is 0.0365. The van der Waals surface area contributed by atoms with Crippen molar-refractivity contribution in [3.8, 4) is 17.1 Å². The Bertz CT molecular complexity index is 1400. The summed E-state index contributed by atoms with van der Waals surface area (Å²) in [5, 5.41) is 6.87. The van der Waals surface area contributed by atoms with Crippen LogP contribution in [0.5, 0.6) is 5.75 Å². The first kappa shape index (κ1) is 25.7. The first-order valence-corrected chi connectivity index (χ1v) is 11.7. The zero-order valence-electron chi connectivity index (χ0n) is 20.7. The van der Waals surface area contributed by atoms with Crippen molar-refractivity contribution >= 4 is 40.5 Å². The topological polar surface area (TPSA) is 136 Å². The molecule has 4 rings (SSSR count). The largest absolute Gasteiger partial charge is 0.494 e. The standard InChI is InChI=1S/C25H25ClN8O3/c1-5-37-34-25(35)18-13-27-21(33-22-9-14(2)30-15(3)31-22)10-20(18)32-19-8-6-7-17(23(19)36-4)24-28-11-16(26)12-29-24/h6-13H,5H2,1-4H3,(H,34,35)(H2,27,30,31,32,33). The average Bonchev–Trinajstić information content (AvgIpc) is 2.87. The van der Waals surface area contributed by atoms with Crippen LogP contribution in [-0.2, 0) is 4.84 Å². The number of aromatic nitrogens is 5. The molecule has 37 heavy (non-hydrogen) atoms. The van der Waals surface area contributed by atoms with Gasteiger partial charge in [0, 0.05) is 36.4 Å². The van der Waals surface area contributed by atoms with Gasteiger partial charge >= 0.3 is 0 Å². The van der Waals surface area contributed by atoms with Gasteiger partial charge in [0.05, 0.1) is 41.2 Å². The summed E-state index contributed by atoms with van der Waals surface area (Å²) in [6.45, 7) is 5.77. The Morgan fingerprint density at radius 1 is 0.973 bits per heavy atom. The second-order valence-electron chi connectivity index (χ2n) is 7.78. The highest BCUT2D eigenvalue weighted by molar-refractivity contribution is 6.30. The quantitative estimate of drug-likeness (QED) is 0.264. The highest BCUT2D eigenvalue weighted by atomic mass is 35.5. The Kier molecular flexibility index (Phi) is 8.06. The van der Waals surface area contributed by atoms with Crippen LogP contribution in [0.1, 0.15) is 28.8 Å². The summed E-state index contributed by atoms with van der Waals surface area (Å²) in [4.78, 5) is 39.6. The normalized spacial score (nSPS) is 10.6. The van der Waals surface area contributed by atoms with Gasteiger partial charge in [0.2, 0.25) is 0 Å². The van der Waals surface area contributed by atoms with Crippen LogP contribution in [0.4, 0.5) is 23.0 Å². The number of carbonyl (C=O) groups excluding carboxylic acids is 1. The fourth-order valence-corrected chi connectivity index (χ4v) is 3.64. The summed E-state index contributed by atoms with van der Waals surface area (Å²) >= 11 is 5.95. The number of carbonyl (C=O) groups is 1. The molecule has 11 nitrogen and oxygen atoms in total. The van der Waals surface area contributed by atoms with Crippen molar-refractivity contribution in [2.45, 2.75) is 20.8 Å². The average molecular weight is 521 g/mol. The monoisotopic (exact) mass is 520 g/mol. The van der Waals surface area contributed by atoms with Crippen LogP contribution in [0.2, 0.25) is 5.02 Å². The van der Waals surface area contributed by atoms with E-state index in [0.29, 0.717) is 57.6 Å². The van der Waals surface area contributed by atoms with Gasteiger partial charge in [0.1, 0.15) is 17.5 Å². The summed E-state index contributed by atoms with van der Waals surface area (Å²) in [7, 11) is 1.54. The van der Waals surface area contributed by atoms with E-state index >= 15 is 0 Å². The van der Waals surface area contributed by atoms with Gasteiger partial charge < -0.3 is 15.4 Å². The lowest BCUT2D eigenvalue weighted by Crippen LogP contribution is -2.24. The van der Waals surface area contributed by atoms with Crippen molar-refractivity contribution in [3.63, 3.8) is 0 Å². The second-order valence-corrected chi connectivity index (χ2v) is 8.22. The van der Waals surface area contributed by atoms with Crippen molar-refractivity contribution in [3.05, 3.63) is 71.0 Å². The summed E-state index contributed by atoms with van der Waals surface area (Å²) in [6, 6.07) is 8.96.